The van der Waals surface area contributed by atoms with Crippen LogP contribution in [0.1, 0.15) is 24.8 Å². The van der Waals surface area contributed by atoms with Crippen LogP contribution in [0.4, 0.5) is 21.5 Å². The van der Waals surface area contributed by atoms with Crippen LogP contribution < -0.4 is 11.1 Å². The fraction of sp³-hybridized carbons (Fsp3) is 0.333. The van der Waals surface area contributed by atoms with E-state index in [-0.39, 0.29) is 5.82 Å². The van der Waals surface area contributed by atoms with Gasteiger partial charge in [0.1, 0.15) is 5.82 Å². The average Bonchev–Trinajstić information content (AvgIpc) is 2.51. The summed E-state index contributed by atoms with van der Waals surface area (Å²) >= 11 is 0. The molecule has 0 aliphatic carbocycles. The van der Waals surface area contributed by atoms with Gasteiger partial charge in [0, 0.05) is 12.2 Å². The Labute approximate surface area is 130 Å². The van der Waals surface area contributed by atoms with Gasteiger partial charge in [-0.2, -0.15) is 0 Å². The van der Waals surface area contributed by atoms with Gasteiger partial charge in [-0.15, -0.1) is 0 Å². The molecule has 3 nitrogen and oxygen atoms in total. The topological polar surface area (TPSA) is 41.3 Å². The average molecular weight is 299 g/mol. The molecule has 1 saturated heterocycles. The molecule has 0 aromatic heterocycles. The quantitative estimate of drug-likeness (QED) is 0.834. The lowest BCUT2D eigenvalue weighted by Gasteiger charge is -2.26. The molecule has 3 rings (SSSR count). The van der Waals surface area contributed by atoms with Crippen LogP contribution in [-0.4, -0.2) is 18.0 Å². The third-order valence-corrected chi connectivity index (χ3v) is 4.07. The first kappa shape index (κ1) is 14.9. The second kappa shape index (κ2) is 6.79. The van der Waals surface area contributed by atoms with E-state index in [2.05, 4.69) is 16.3 Å². The van der Waals surface area contributed by atoms with E-state index in [4.69, 9.17) is 5.73 Å². The molecule has 3 N–H and O–H groups in total. The molecule has 0 amide bonds. The summed E-state index contributed by atoms with van der Waals surface area (Å²) in [5.74, 6) is -0.259. The highest BCUT2D eigenvalue weighted by Gasteiger charge is 2.11. The number of nitrogens with two attached hydrogens (primary N) is 1. The first-order valence-corrected chi connectivity index (χ1v) is 7.84. The van der Waals surface area contributed by atoms with Crippen molar-refractivity contribution in [2.45, 2.75) is 25.8 Å². The summed E-state index contributed by atoms with van der Waals surface area (Å²) in [5, 5.41) is 3.17. The molecule has 4 heteroatoms. The minimum atomic E-state index is -0.259. The third kappa shape index (κ3) is 3.77. The molecule has 22 heavy (non-hydrogen) atoms. The van der Waals surface area contributed by atoms with Crippen LogP contribution in [0.5, 0.6) is 0 Å². The predicted octanol–water partition coefficient (Wildman–Crippen LogP) is 4.14. The minimum absolute atomic E-state index is 0.259. The second-order valence-electron chi connectivity index (χ2n) is 5.89. The summed E-state index contributed by atoms with van der Waals surface area (Å²) in [7, 11) is 0. The van der Waals surface area contributed by atoms with Crippen LogP contribution in [0.25, 0.3) is 0 Å². The third-order valence-electron chi connectivity index (χ3n) is 4.07. The van der Waals surface area contributed by atoms with Crippen molar-refractivity contribution < 1.29 is 4.39 Å². The molecule has 0 atom stereocenters. The zero-order valence-corrected chi connectivity index (χ0v) is 12.7. The Hall–Kier alpha value is -2.07. The first-order valence-electron chi connectivity index (χ1n) is 7.84. The highest BCUT2D eigenvalue weighted by molar-refractivity contribution is 5.73. The Balaban J connectivity index is 1.69. The zero-order valence-electron chi connectivity index (χ0n) is 12.7. The first-order chi connectivity index (χ1) is 10.7. The molecule has 1 aliphatic heterocycles. The van der Waals surface area contributed by atoms with Gasteiger partial charge in [-0.25, -0.2) is 4.39 Å². The predicted molar refractivity (Wildman–Crippen MR) is 89.7 cm³/mol. The number of likely N-dealkylation sites (tertiary alicyclic amines) is 1. The lowest BCUT2D eigenvalue weighted by atomic mass is 10.1. The SMILES string of the molecule is Nc1cc(CN2CCCCC2)ccc1Nc1cccc(F)c1. The van der Waals surface area contributed by atoms with E-state index in [9.17, 15) is 4.39 Å². The van der Waals surface area contributed by atoms with Crippen molar-refractivity contribution in [3.63, 3.8) is 0 Å². The normalized spacial score (nSPS) is 15.7. The van der Waals surface area contributed by atoms with E-state index in [1.165, 1.54) is 50.0 Å². The molecular formula is C18H22FN3. The van der Waals surface area contributed by atoms with Gasteiger partial charge >= 0.3 is 0 Å². The molecular weight excluding hydrogens is 277 g/mol. The van der Waals surface area contributed by atoms with Crippen molar-refractivity contribution in [1.29, 1.82) is 0 Å². The fourth-order valence-electron chi connectivity index (χ4n) is 2.92. The van der Waals surface area contributed by atoms with Crippen molar-refractivity contribution in [1.82, 2.24) is 4.90 Å². The highest BCUT2D eigenvalue weighted by Crippen LogP contribution is 2.25. The van der Waals surface area contributed by atoms with Gasteiger partial charge in [0.25, 0.3) is 0 Å². The van der Waals surface area contributed by atoms with Gasteiger partial charge < -0.3 is 11.1 Å². The Morgan fingerprint density at radius 1 is 1.05 bits per heavy atom. The number of benzene rings is 2. The summed E-state index contributed by atoms with van der Waals surface area (Å²) in [4.78, 5) is 2.47. The maximum atomic E-state index is 13.2. The van der Waals surface area contributed by atoms with Crippen LogP contribution in [-0.2, 0) is 6.54 Å². The Bertz CT molecular complexity index is 636. The summed E-state index contributed by atoms with van der Waals surface area (Å²) < 4.78 is 13.2. The number of rotatable bonds is 4. The number of nitrogen functional groups attached to an aromatic ring is 1. The number of hydrogen-bond donors (Lipinski definition) is 2. The molecule has 1 fully saturated rings. The van der Waals surface area contributed by atoms with Crippen LogP contribution in [0.15, 0.2) is 42.5 Å². The van der Waals surface area contributed by atoms with Crippen molar-refractivity contribution in [3.05, 3.63) is 53.8 Å². The molecule has 0 radical (unpaired) electrons. The highest BCUT2D eigenvalue weighted by atomic mass is 19.1. The van der Waals surface area contributed by atoms with E-state index in [1.807, 2.05) is 18.2 Å². The molecule has 2 aromatic rings. The number of piperidine rings is 1. The van der Waals surface area contributed by atoms with Crippen molar-refractivity contribution >= 4 is 17.1 Å². The molecule has 0 unspecified atom stereocenters. The van der Waals surface area contributed by atoms with E-state index >= 15 is 0 Å². The molecule has 0 saturated carbocycles. The molecule has 0 spiro atoms. The molecule has 2 aromatic carbocycles. The maximum absolute atomic E-state index is 13.2. The van der Waals surface area contributed by atoms with Gasteiger partial charge in [0.05, 0.1) is 11.4 Å². The summed E-state index contributed by atoms with van der Waals surface area (Å²) in [6, 6.07) is 12.5. The van der Waals surface area contributed by atoms with Crippen molar-refractivity contribution in [2.24, 2.45) is 0 Å². The summed E-state index contributed by atoms with van der Waals surface area (Å²) in [5.41, 5.74) is 9.57. The van der Waals surface area contributed by atoms with E-state index in [0.717, 1.165) is 12.2 Å². The molecule has 1 heterocycles. The summed E-state index contributed by atoms with van der Waals surface area (Å²) in [6.45, 7) is 3.29. The lowest BCUT2D eigenvalue weighted by Crippen LogP contribution is -2.29. The molecule has 1 aliphatic rings. The van der Waals surface area contributed by atoms with Gasteiger partial charge in [0.15, 0.2) is 0 Å². The van der Waals surface area contributed by atoms with Gasteiger partial charge in [0.2, 0.25) is 0 Å². The smallest absolute Gasteiger partial charge is 0.125 e. The second-order valence-corrected chi connectivity index (χ2v) is 5.89. The van der Waals surface area contributed by atoms with Crippen molar-refractivity contribution in [2.75, 3.05) is 24.1 Å². The standard InChI is InChI=1S/C18H22FN3/c19-15-5-4-6-16(12-15)21-18-8-7-14(11-17(18)20)13-22-9-2-1-3-10-22/h4-8,11-12,21H,1-3,9-10,13,20H2. The molecule has 116 valence electrons. The van der Waals surface area contributed by atoms with E-state index in [1.54, 1.807) is 6.07 Å². The fourth-order valence-corrected chi connectivity index (χ4v) is 2.92. The van der Waals surface area contributed by atoms with Crippen LogP contribution in [0.2, 0.25) is 0 Å². The maximum Gasteiger partial charge on any atom is 0.125 e. The number of halogens is 1. The Morgan fingerprint density at radius 3 is 2.59 bits per heavy atom. The van der Waals surface area contributed by atoms with Gasteiger partial charge in [-0.05, 0) is 61.8 Å². The van der Waals surface area contributed by atoms with E-state index < -0.39 is 0 Å². The Morgan fingerprint density at radius 2 is 1.86 bits per heavy atom. The van der Waals surface area contributed by atoms with Gasteiger partial charge in [-0.1, -0.05) is 18.6 Å². The number of hydrogen-bond acceptors (Lipinski definition) is 3. The van der Waals surface area contributed by atoms with E-state index in [0.29, 0.717) is 11.4 Å². The minimum Gasteiger partial charge on any atom is -0.397 e. The van der Waals surface area contributed by atoms with Gasteiger partial charge in [-0.3, -0.25) is 4.90 Å². The van der Waals surface area contributed by atoms with Crippen LogP contribution in [0, 0.1) is 5.82 Å². The van der Waals surface area contributed by atoms with Crippen LogP contribution in [0.3, 0.4) is 0 Å². The van der Waals surface area contributed by atoms with Crippen LogP contribution >= 0.6 is 0 Å². The number of anilines is 3. The van der Waals surface area contributed by atoms with Crippen molar-refractivity contribution in [3.8, 4) is 0 Å². The Kier molecular flexibility index (Phi) is 4.59. The molecule has 0 bridgehead atoms. The number of nitrogens with zero attached hydrogens (tertiary/aromatic N) is 1. The monoisotopic (exact) mass is 299 g/mol. The largest absolute Gasteiger partial charge is 0.397 e. The lowest BCUT2D eigenvalue weighted by molar-refractivity contribution is 0.221. The zero-order chi connectivity index (χ0) is 15.4. The number of nitrogens with one attached hydrogen (secondary N) is 1. The summed E-state index contributed by atoms with van der Waals surface area (Å²) in [6.07, 6.45) is 3.92.